The van der Waals surface area contributed by atoms with Gasteiger partial charge in [0, 0.05) is 18.8 Å². The fraction of sp³-hybridized carbons (Fsp3) is 0.611. The van der Waals surface area contributed by atoms with Gasteiger partial charge in [0.15, 0.2) is 0 Å². The first-order valence-electron chi connectivity index (χ1n) is 8.28. The minimum absolute atomic E-state index is 0.304. The number of rotatable bonds is 4. The molecule has 0 unspecified atom stereocenters. The highest BCUT2D eigenvalue weighted by molar-refractivity contribution is 5.84. The number of hydrogen-bond acceptors (Lipinski definition) is 4. The van der Waals surface area contributed by atoms with Crippen molar-refractivity contribution in [1.82, 2.24) is 4.90 Å². The smallest absolute Gasteiger partial charge is 0.412 e. The van der Waals surface area contributed by atoms with Crippen LogP contribution in [0.15, 0.2) is 24.3 Å². The Hall–Kier alpha value is -1.59. The molecule has 1 aliphatic heterocycles. The molecule has 1 aliphatic rings. The molecule has 0 spiro atoms. The van der Waals surface area contributed by atoms with Gasteiger partial charge in [-0.25, -0.2) is 4.79 Å². The molecule has 5 nitrogen and oxygen atoms in total. The van der Waals surface area contributed by atoms with E-state index in [0.717, 1.165) is 38.2 Å². The summed E-state index contributed by atoms with van der Waals surface area (Å²) in [6.07, 6.45) is 1.69. The molecular formula is C18H28N2O3. The van der Waals surface area contributed by atoms with E-state index in [1.54, 1.807) is 0 Å². The Morgan fingerprint density at radius 1 is 1.26 bits per heavy atom. The second-order valence-corrected chi connectivity index (χ2v) is 7.23. The molecule has 1 heterocycles. The van der Waals surface area contributed by atoms with E-state index in [2.05, 4.69) is 10.2 Å². The Morgan fingerprint density at radius 3 is 2.39 bits per heavy atom. The first kappa shape index (κ1) is 17.8. The third-order valence-electron chi connectivity index (χ3n) is 3.97. The van der Waals surface area contributed by atoms with Crippen molar-refractivity contribution in [3.8, 4) is 0 Å². The van der Waals surface area contributed by atoms with Gasteiger partial charge >= 0.3 is 6.09 Å². The highest BCUT2D eigenvalue weighted by atomic mass is 16.6. The Labute approximate surface area is 138 Å². The van der Waals surface area contributed by atoms with Crippen molar-refractivity contribution >= 4 is 11.8 Å². The Kier molecular flexibility index (Phi) is 6.02. The zero-order chi connectivity index (χ0) is 16.9. The van der Waals surface area contributed by atoms with Gasteiger partial charge < -0.3 is 9.84 Å². The van der Waals surface area contributed by atoms with Gasteiger partial charge in [-0.3, -0.25) is 10.2 Å². The van der Waals surface area contributed by atoms with Crippen molar-refractivity contribution in [1.29, 1.82) is 0 Å². The summed E-state index contributed by atoms with van der Waals surface area (Å²) in [5, 5.41) is 11.9. The average Bonchev–Trinajstić information content (AvgIpc) is 2.48. The van der Waals surface area contributed by atoms with Crippen molar-refractivity contribution < 1.29 is 14.6 Å². The van der Waals surface area contributed by atoms with E-state index in [4.69, 9.17) is 4.74 Å². The topological polar surface area (TPSA) is 61.8 Å². The summed E-state index contributed by atoms with van der Waals surface area (Å²) < 4.78 is 5.24. The largest absolute Gasteiger partial charge is 0.444 e. The summed E-state index contributed by atoms with van der Waals surface area (Å²) in [5.41, 5.74) is 1.47. The third kappa shape index (κ3) is 6.20. The van der Waals surface area contributed by atoms with Gasteiger partial charge in [0.2, 0.25) is 0 Å². The SMILES string of the molecule is CC(C)(C)OC(=O)Nc1ccc(CN2CCC(CO)CC2)cc1. The van der Waals surface area contributed by atoms with E-state index in [9.17, 15) is 9.90 Å². The lowest BCUT2D eigenvalue weighted by atomic mass is 9.97. The number of carbonyl (C=O) groups is 1. The van der Waals surface area contributed by atoms with E-state index >= 15 is 0 Å². The first-order valence-corrected chi connectivity index (χ1v) is 8.28. The van der Waals surface area contributed by atoms with E-state index in [-0.39, 0.29) is 0 Å². The summed E-state index contributed by atoms with van der Waals surface area (Å²) in [4.78, 5) is 14.1. The second kappa shape index (κ2) is 7.79. The molecule has 128 valence electrons. The van der Waals surface area contributed by atoms with Crippen LogP contribution in [0.1, 0.15) is 39.2 Å². The number of piperidine rings is 1. The van der Waals surface area contributed by atoms with Crippen LogP contribution in [0, 0.1) is 5.92 Å². The lowest BCUT2D eigenvalue weighted by Crippen LogP contribution is -2.34. The van der Waals surface area contributed by atoms with Crippen LogP contribution >= 0.6 is 0 Å². The Morgan fingerprint density at radius 2 is 1.87 bits per heavy atom. The van der Waals surface area contributed by atoms with Crippen LogP contribution in [0.4, 0.5) is 10.5 Å². The number of benzene rings is 1. The number of carbonyl (C=O) groups excluding carboxylic acids is 1. The fourth-order valence-electron chi connectivity index (χ4n) is 2.70. The molecule has 0 atom stereocenters. The maximum absolute atomic E-state index is 11.7. The molecule has 1 amide bonds. The minimum atomic E-state index is -0.495. The van der Waals surface area contributed by atoms with Gasteiger partial charge in [0.05, 0.1) is 0 Å². The number of aliphatic hydroxyl groups is 1. The van der Waals surface area contributed by atoms with Crippen molar-refractivity contribution in [2.45, 2.75) is 45.8 Å². The van der Waals surface area contributed by atoms with Crippen LogP contribution in [-0.4, -0.2) is 41.4 Å². The molecule has 0 aliphatic carbocycles. The number of ether oxygens (including phenoxy) is 1. The molecule has 1 fully saturated rings. The van der Waals surface area contributed by atoms with Gasteiger partial charge in [0.25, 0.3) is 0 Å². The van der Waals surface area contributed by atoms with Crippen LogP contribution < -0.4 is 5.32 Å². The van der Waals surface area contributed by atoms with Gasteiger partial charge in [-0.2, -0.15) is 0 Å². The van der Waals surface area contributed by atoms with Crippen molar-refractivity contribution in [2.24, 2.45) is 5.92 Å². The van der Waals surface area contributed by atoms with E-state index in [1.807, 2.05) is 45.0 Å². The maximum Gasteiger partial charge on any atom is 0.412 e. The van der Waals surface area contributed by atoms with Crippen LogP contribution in [0.3, 0.4) is 0 Å². The van der Waals surface area contributed by atoms with Crippen molar-refractivity contribution in [2.75, 3.05) is 25.0 Å². The Balaban J connectivity index is 1.82. The zero-order valence-corrected chi connectivity index (χ0v) is 14.3. The van der Waals surface area contributed by atoms with E-state index < -0.39 is 11.7 Å². The molecule has 2 N–H and O–H groups in total. The maximum atomic E-state index is 11.7. The number of nitrogens with one attached hydrogen (secondary N) is 1. The molecule has 5 heteroatoms. The molecular weight excluding hydrogens is 292 g/mol. The average molecular weight is 320 g/mol. The van der Waals surface area contributed by atoms with E-state index in [1.165, 1.54) is 5.56 Å². The lowest BCUT2D eigenvalue weighted by Gasteiger charge is -2.31. The third-order valence-corrected chi connectivity index (χ3v) is 3.97. The molecule has 0 saturated carbocycles. The predicted octanol–water partition coefficient (Wildman–Crippen LogP) is 3.24. The molecule has 0 aromatic heterocycles. The summed E-state index contributed by atoms with van der Waals surface area (Å²) in [6, 6.07) is 7.87. The quantitative estimate of drug-likeness (QED) is 0.894. The molecule has 0 bridgehead atoms. The van der Waals surface area contributed by atoms with Gasteiger partial charge in [-0.15, -0.1) is 0 Å². The zero-order valence-electron chi connectivity index (χ0n) is 14.3. The fourth-order valence-corrected chi connectivity index (χ4v) is 2.70. The molecule has 0 radical (unpaired) electrons. The van der Waals surface area contributed by atoms with Crippen molar-refractivity contribution in [3.05, 3.63) is 29.8 Å². The standard InChI is InChI=1S/C18H28N2O3/c1-18(2,3)23-17(22)19-16-6-4-14(5-7-16)12-20-10-8-15(13-21)9-11-20/h4-7,15,21H,8-13H2,1-3H3,(H,19,22). The number of aliphatic hydroxyl groups excluding tert-OH is 1. The minimum Gasteiger partial charge on any atom is -0.444 e. The summed E-state index contributed by atoms with van der Waals surface area (Å²) in [5.74, 6) is 0.464. The van der Waals surface area contributed by atoms with E-state index in [0.29, 0.717) is 12.5 Å². The summed E-state index contributed by atoms with van der Waals surface area (Å²) >= 11 is 0. The highest BCUT2D eigenvalue weighted by Crippen LogP contribution is 2.19. The second-order valence-electron chi connectivity index (χ2n) is 7.23. The van der Waals surface area contributed by atoms with Crippen LogP contribution in [0.2, 0.25) is 0 Å². The summed E-state index contributed by atoms with van der Waals surface area (Å²) in [6.45, 7) is 8.80. The first-order chi connectivity index (χ1) is 10.9. The number of amides is 1. The molecule has 1 saturated heterocycles. The highest BCUT2D eigenvalue weighted by Gasteiger charge is 2.18. The van der Waals surface area contributed by atoms with Crippen molar-refractivity contribution in [3.63, 3.8) is 0 Å². The number of likely N-dealkylation sites (tertiary alicyclic amines) is 1. The predicted molar refractivity (Wildman–Crippen MR) is 91.4 cm³/mol. The molecule has 1 aromatic rings. The molecule has 1 aromatic carbocycles. The lowest BCUT2D eigenvalue weighted by molar-refractivity contribution is 0.0636. The number of hydrogen-bond donors (Lipinski definition) is 2. The number of anilines is 1. The van der Waals surface area contributed by atoms with Crippen LogP contribution in [-0.2, 0) is 11.3 Å². The normalized spacial score (nSPS) is 17.0. The summed E-state index contributed by atoms with van der Waals surface area (Å²) in [7, 11) is 0. The van der Waals surface area contributed by atoms with Gasteiger partial charge in [-0.05, 0) is 70.3 Å². The number of nitrogens with zero attached hydrogens (tertiary/aromatic N) is 1. The monoisotopic (exact) mass is 320 g/mol. The molecule has 23 heavy (non-hydrogen) atoms. The van der Waals surface area contributed by atoms with Gasteiger partial charge in [-0.1, -0.05) is 12.1 Å². The van der Waals surface area contributed by atoms with Gasteiger partial charge in [0.1, 0.15) is 5.60 Å². The molecule has 2 rings (SSSR count). The van der Waals surface area contributed by atoms with Crippen LogP contribution in [0.25, 0.3) is 0 Å². The van der Waals surface area contributed by atoms with Crippen LogP contribution in [0.5, 0.6) is 0 Å². The Bertz CT molecular complexity index is 500.